The van der Waals surface area contributed by atoms with E-state index in [0.29, 0.717) is 11.4 Å². The van der Waals surface area contributed by atoms with Crippen LogP contribution < -0.4 is 5.32 Å². The zero-order valence-corrected chi connectivity index (χ0v) is 10.6. The fourth-order valence-corrected chi connectivity index (χ4v) is 2.00. The van der Waals surface area contributed by atoms with Crippen LogP contribution in [0.3, 0.4) is 0 Å². The molecule has 2 heterocycles. The molecule has 0 amide bonds. The van der Waals surface area contributed by atoms with Crippen molar-refractivity contribution >= 4 is 5.70 Å². The third kappa shape index (κ3) is 2.62. The van der Waals surface area contributed by atoms with Gasteiger partial charge in [-0.25, -0.2) is 8.78 Å². The molecule has 1 aromatic rings. The predicted octanol–water partition coefficient (Wildman–Crippen LogP) is 3.98. The standard InChI is InChI=1S/C15H14F2N2/c1-9(16)6-7-12(10(2)17)15-14-13(11(3)19-15)5-4-8-18-14/h4-8,15,19H,2-3H2,1H3/b9-6+,12-7+. The zero-order valence-electron chi connectivity index (χ0n) is 10.6. The molecule has 0 fully saturated rings. The van der Waals surface area contributed by atoms with Crippen LogP contribution in [0, 0.1) is 0 Å². The number of halogens is 2. The van der Waals surface area contributed by atoms with Crippen LogP contribution in [0.25, 0.3) is 5.70 Å². The van der Waals surface area contributed by atoms with E-state index in [9.17, 15) is 8.78 Å². The first-order chi connectivity index (χ1) is 9.00. The third-order valence-electron chi connectivity index (χ3n) is 2.87. The smallest absolute Gasteiger partial charge is 0.121 e. The van der Waals surface area contributed by atoms with E-state index in [2.05, 4.69) is 23.5 Å². The maximum atomic E-state index is 13.6. The van der Waals surface area contributed by atoms with Crippen LogP contribution >= 0.6 is 0 Å². The van der Waals surface area contributed by atoms with E-state index in [4.69, 9.17) is 0 Å². The lowest BCUT2D eigenvalue weighted by atomic mass is 10.0. The molecule has 0 saturated carbocycles. The van der Waals surface area contributed by atoms with Crippen molar-refractivity contribution in [3.63, 3.8) is 0 Å². The van der Waals surface area contributed by atoms with E-state index in [-0.39, 0.29) is 5.57 Å². The third-order valence-corrected chi connectivity index (χ3v) is 2.87. The molecule has 0 radical (unpaired) electrons. The van der Waals surface area contributed by atoms with Gasteiger partial charge in [0.15, 0.2) is 0 Å². The average molecular weight is 260 g/mol. The van der Waals surface area contributed by atoms with Gasteiger partial charge in [-0.1, -0.05) is 19.2 Å². The van der Waals surface area contributed by atoms with Gasteiger partial charge in [0.05, 0.1) is 17.6 Å². The quantitative estimate of drug-likeness (QED) is 0.831. The van der Waals surface area contributed by atoms with Crippen molar-refractivity contribution in [1.82, 2.24) is 10.3 Å². The molecule has 1 N–H and O–H groups in total. The van der Waals surface area contributed by atoms with Crippen LogP contribution in [-0.2, 0) is 0 Å². The highest BCUT2D eigenvalue weighted by Crippen LogP contribution is 2.36. The number of hydrogen-bond donors (Lipinski definition) is 1. The van der Waals surface area contributed by atoms with E-state index in [1.165, 1.54) is 19.1 Å². The summed E-state index contributed by atoms with van der Waals surface area (Å²) in [4.78, 5) is 4.24. The number of rotatable bonds is 3. The summed E-state index contributed by atoms with van der Waals surface area (Å²) in [6, 6.07) is 3.15. The summed E-state index contributed by atoms with van der Waals surface area (Å²) in [5.41, 5.74) is 2.42. The van der Waals surface area contributed by atoms with Crippen LogP contribution in [0.4, 0.5) is 8.78 Å². The van der Waals surface area contributed by atoms with Crippen molar-refractivity contribution in [3.05, 3.63) is 72.1 Å². The normalized spacial score (nSPS) is 19.1. The summed E-state index contributed by atoms with van der Waals surface area (Å²) in [6.45, 7) is 8.45. The van der Waals surface area contributed by atoms with Crippen LogP contribution in [0.15, 0.2) is 60.9 Å². The van der Waals surface area contributed by atoms with E-state index in [1.54, 1.807) is 12.3 Å². The van der Waals surface area contributed by atoms with Crippen LogP contribution in [0.5, 0.6) is 0 Å². The topological polar surface area (TPSA) is 24.9 Å². The Kier molecular flexibility index (Phi) is 3.60. The molecule has 0 bridgehead atoms. The van der Waals surface area contributed by atoms with Crippen molar-refractivity contribution in [2.24, 2.45) is 0 Å². The molecule has 98 valence electrons. The Bertz CT molecular complexity index is 596. The Balaban J connectivity index is 2.46. The van der Waals surface area contributed by atoms with Gasteiger partial charge in [-0.05, 0) is 25.1 Å². The fourth-order valence-electron chi connectivity index (χ4n) is 2.00. The molecular weight excluding hydrogens is 246 g/mol. The van der Waals surface area contributed by atoms with Crippen LogP contribution in [0.2, 0.25) is 0 Å². The van der Waals surface area contributed by atoms with Gasteiger partial charge < -0.3 is 5.32 Å². The Morgan fingerprint density at radius 2 is 2.16 bits per heavy atom. The van der Waals surface area contributed by atoms with Gasteiger partial charge in [0.2, 0.25) is 0 Å². The fraction of sp³-hybridized carbons (Fsp3) is 0.133. The summed E-state index contributed by atoms with van der Waals surface area (Å²) in [5, 5.41) is 3.05. The minimum Gasteiger partial charge on any atom is -0.373 e. The Morgan fingerprint density at radius 3 is 2.79 bits per heavy atom. The Labute approximate surface area is 110 Å². The molecule has 1 aliphatic rings. The molecule has 1 atom stereocenters. The zero-order chi connectivity index (χ0) is 14.0. The summed E-state index contributed by atoms with van der Waals surface area (Å²) >= 11 is 0. The first-order valence-electron chi connectivity index (χ1n) is 5.80. The second kappa shape index (κ2) is 5.18. The molecular formula is C15H14F2N2. The van der Waals surface area contributed by atoms with Gasteiger partial charge in [-0.2, -0.15) is 0 Å². The van der Waals surface area contributed by atoms with Gasteiger partial charge in [0.1, 0.15) is 5.83 Å². The SMILES string of the molecule is C=C(F)/C(=C\C=C(/C)F)C1NC(=C)c2cccnc21. The molecule has 1 aromatic heterocycles. The Morgan fingerprint density at radius 1 is 1.42 bits per heavy atom. The number of aromatic nitrogens is 1. The minimum absolute atomic E-state index is 0.246. The summed E-state index contributed by atoms with van der Waals surface area (Å²) in [6.07, 6.45) is 4.19. The lowest BCUT2D eigenvalue weighted by Gasteiger charge is -2.14. The molecule has 0 aromatic carbocycles. The highest BCUT2D eigenvalue weighted by atomic mass is 19.1. The maximum Gasteiger partial charge on any atom is 0.121 e. The van der Waals surface area contributed by atoms with Gasteiger partial charge in [0.25, 0.3) is 0 Å². The monoisotopic (exact) mass is 260 g/mol. The second-order valence-electron chi connectivity index (χ2n) is 4.27. The second-order valence-corrected chi connectivity index (χ2v) is 4.27. The molecule has 1 unspecified atom stereocenters. The lowest BCUT2D eigenvalue weighted by Crippen LogP contribution is -2.14. The number of fused-ring (bicyclic) bond motifs is 1. The van der Waals surface area contributed by atoms with Gasteiger partial charge in [-0.3, -0.25) is 4.98 Å². The van der Waals surface area contributed by atoms with Crippen molar-refractivity contribution < 1.29 is 8.78 Å². The van der Waals surface area contributed by atoms with Crippen molar-refractivity contribution in [2.45, 2.75) is 13.0 Å². The summed E-state index contributed by atoms with van der Waals surface area (Å²) < 4.78 is 26.4. The highest BCUT2D eigenvalue weighted by Gasteiger charge is 2.29. The maximum absolute atomic E-state index is 13.6. The number of nitrogens with zero attached hydrogens (tertiary/aromatic N) is 1. The van der Waals surface area contributed by atoms with Crippen molar-refractivity contribution in [1.29, 1.82) is 0 Å². The minimum atomic E-state index is -0.624. The number of nitrogens with one attached hydrogen (secondary N) is 1. The molecule has 2 nitrogen and oxygen atoms in total. The molecule has 0 aliphatic carbocycles. The Hall–Kier alpha value is -2.23. The van der Waals surface area contributed by atoms with Crippen molar-refractivity contribution in [3.8, 4) is 0 Å². The predicted molar refractivity (Wildman–Crippen MR) is 72.3 cm³/mol. The van der Waals surface area contributed by atoms with Crippen LogP contribution in [-0.4, -0.2) is 4.98 Å². The highest BCUT2D eigenvalue weighted by molar-refractivity contribution is 5.70. The number of pyridine rings is 1. The van der Waals surface area contributed by atoms with E-state index in [1.807, 2.05) is 6.07 Å². The number of hydrogen-bond acceptors (Lipinski definition) is 2. The molecule has 0 saturated heterocycles. The van der Waals surface area contributed by atoms with Crippen LogP contribution in [0.1, 0.15) is 24.2 Å². The van der Waals surface area contributed by atoms with E-state index in [0.717, 1.165) is 5.56 Å². The molecule has 0 spiro atoms. The van der Waals surface area contributed by atoms with Gasteiger partial charge in [-0.15, -0.1) is 0 Å². The first kappa shape index (κ1) is 13.2. The first-order valence-corrected chi connectivity index (χ1v) is 5.80. The van der Waals surface area contributed by atoms with E-state index >= 15 is 0 Å². The van der Waals surface area contributed by atoms with Crippen molar-refractivity contribution in [2.75, 3.05) is 0 Å². The van der Waals surface area contributed by atoms with Gasteiger partial charge in [0, 0.05) is 23.0 Å². The van der Waals surface area contributed by atoms with Gasteiger partial charge >= 0.3 is 0 Å². The molecule has 4 heteroatoms. The molecule has 1 aliphatic heterocycles. The molecule has 2 rings (SSSR count). The summed E-state index contributed by atoms with van der Waals surface area (Å²) in [5.74, 6) is -1.03. The van der Waals surface area contributed by atoms with E-state index < -0.39 is 17.7 Å². The number of allylic oxidation sites excluding steroid dienone is 3. The largest absolute Gasteiger partial charge is 0.373 e. The average Bonchev–Trinajstić information content (AvgIpc) is 2.67. The molecule has 19 heavy (non-hydrogen) atoms. The summed E-state index contributed by atoms with van der Waals surface area (Å²) in [7, 11) is 0. The lowest BCUT2D eigenvalue weighted by molar-refractivity contribution is 0.610.